The first-order chi connectivity index (χ1) is 12.7. The first-order valence-electron chi connectivity index (χ1n) is 9.49. The molecule has 29 heavy (non-hydrogen) atoms. The Balaban J connectivity index is 0.00000140. The van der Waals surface area contributed by atoms with Crippen molar-refractivity contribution in [1.82, 2.24) is 19.8 Å². The van der Waals surface area contributed by atoms with Crippen LogP contribution in [0.5, 0.6) is 0 Å². The maximum absolute atomic E-state index is 13.1. The predicted molar refractivity (Wildman–Crippen MR) is 124 cm³/mol. The smallest absolute Gasteiger partial charge is 0.123 e. The molecule has 1 aromatic heterocycles. The molecule has 0 amide bonds. The number of aromatic nitrogens is 2. The Morgan fingerprint density at radius 1 is 1.21 bits per heavy atom. The molecular weight excluding hydrogens is 434 g/mol. The first-order valence-corrected chi connectivity index (χ1v) is 9.49. The minimum atomic E-state index is -0.190. The van der Waals surface area contributed by atoms with Gasteiger partial charge in [-0.15, -0.1) is 37.2 Å². The third kappa shape index (κ3) is 6.19. The summed E-state index contributed by atoms with van der Waals surface area (Å²) in [5, 5.41) is 3.48. The van der Waals surface area contributed by atoms with Crippen LogP contribution in [0, 0.1) is 11.2 Å². The Hall–Kier alpha value is -1.11. The largest absolute Gasteiger partial charge is 0.337 e. The van der Waals surface area contributed by atoms with E-state index in [0.29, 0.717) is 11.5 Å². The molecule has 4 rings (SSSR count). The lowest BCUT2D eigenvalue weighted by atomic mass is 9.93. The number of rotatable bonds is 6. The maximum Gasteiger partial charge on any atom is 0.123 e. The van der Waals surface area contributed by atoms with Crippen molar-refractivity contribution in [2.75, 3.05) is 19.6 Å². The summed E-state index contributed by atoms with van der Waals surface area (Å²) in [6.45, 7) is 4.04. The van der Waals surface area contributed by atoms with Gasteiger partial charge in [-0.3, -0.25) is 4.90 Å². The van der Waals surface area contributed by atoms with E-state index in [2.05, 4.69) is 39.0 Å². The van der Waals surface area contributed by atoms with Gasteiger partial charge in [0.25, 0.3) is 0 Å². The fraction of sp³-hybridized carbons (Fsp3) is 0.476. The van der Waals surface area contributed by atoms with Crippen molar-refractivity contribution in [2.24, 2.45) is 12.5 Å². The lowest BCUT2D eigenvalue weighted by molar-refractivity contribution is 0.207. The molecule has 1 aliphatic carbocycles. The van der Waals surface area contributed by atoms with Crippen LogP contribution >= 0.6 is 37.2 Å². The van der Waals surface area contributed by atoms with Gasteiger partial charge in [0.15, 0.2) is 0 Å². The molecule has 2 aromatic rings. The molecule has 1 saturated carbocycles. The summed E-state index contributed by atoms with van der Waals surface area (Å²) in [7, 11) is 2.06. The molecule has 2 fully saturated rings. The number of benzene rings is 1. The number of halogens is 4. The highest BCUT2D eigenvalue weighted by Gasteiger charge is 2.56. The molecule has 1 atom stereocenters. The predicted octanol–water partition coefficient (Wildman–Crippen LogP) is 4.48. The van der Waals surface area contributed by atoms with Crippen LogP contribution in [-0.4, -0.2) is 40.1 Å². The number of nitrogens with one attached hydrogen (secondary N) is 1. The highest BCUT2D eigenvalue weighted by atomic mass is 35.5. The topological polar surface area (TPSA) is 33.1 Å². The van der Waals surface area contributed by atoms with Crippen LogP contribution in [-0.2, 0) is 13.6 Å². The summed E-state index contributed by atoms with van der Waals surface area (Å²) in [4.78, 5) is 7.08. The number of imidazole rings is 1. The molecular formula is C21H30Cl3FN4. The van der Waals surface area contributed by atoms with Crippen LogP contribution in [0.2, 0.25) is 0 Å². The molecule has 1 aromatic carbocycles. The second kappa shape index (κ2) is 11.3. The number of piperidine rings is 1. The van der Waals surface area contributed by atoms with Crippen LogP contribution in [0.15, 0.2) is 42.7 Å². The van der Waals surface area contributed by atoms with Crippen LogP contribution in [0.3, 0.4) is 0 Å². The van der Waals surface area contributed by atoms with Gasteiger partial charge < -0.3 is 9.88 Å². The maximum atomic E-state index is 13.1. The second-order valence-corrected chi connectivity index (χ2v) is 7.67. The molecule has 1 N–H and O–H groups in total. The lowest BCUT2D eigenvalue weighted by Crippen LogP contribution is -2.36. The molecule has 1 spiro atoms. The first kappa shape index (κ1) is 25.9. The second-order valence-electron chi connectivity index (χ2n) is 7.67. The summed E-state index contributed by atoms with van der Waals surface area (Å²) in [6.07, 6.45) is 12.0. The van der Waals surface area contributed by atoms with E-state index in [0.717, 1.165) is 37.6 Å². The van der Waals surface area contributed by atoms with Crippen molar-refractivity contribution in [3.05, 3.63) is 59.9 Å². The summed E-state index contributed by atoms with van der Waals surface area (Å²) in [5.74, 6) is 0.917. The van der Waals surface area contributed by atoms with Crippen molar-refractivity contribution in [2.45, 2.75) is 31.8 Å². The average Bonchev–Trinajstić information content (AvgIpc) is 3.17. The van der Waals surface area contributed by atoms with Crippen LogP contribution in [0.4, 0.5) is 4.39 Å². The molecule has 4 nitrogen and oxygen atoms in total. The van der Waals surface area contributed by atoms with Crippen molar-refractivity contribution >= 4 is 43.3 Å². The summed E-state index contributed by atoms with van der Waals surface area (Å²) in [5.41, 5.74) is 1.54. The van der Waals surface area contributed by atoms with Gasteiger partial charge in [-0.1, -0.05) is 24.3 Å². The molecule has 1 saturated heterocycles. The molecule has 1 unspecified atom stereocenters. The Kier molecular flexibility index (Phi) is 10.1. The van der Waals surface area contributed by atoms with E-state index in [-0.39, 0.29) is 43.0 Å². The average molecular weight is 464 g/mol. The van der Waals surface area contributed by atoms with Gasteiger partial charge in [-0.05, 0) is 55.5 Å². The Morgan fingerprint density at radius 2 is 1.90 bits per heavy atom. The number of hydrogen-bond donors (Lipinski definition) is 1. The molecule has 8 heteroatoms. The Bertz CT molecular complexity index is 772. The van der Waals surface area contributed by atoms with Crippen molar-refractivity contribution in [3.8, 4) is 0 Å². The minimum Gasteiger partial charge on any atom is -0.337 e. The van der Waals surface area contributed by atoms with E-state index in [1.165, 1.54) is 31.4 Å². The van der Waals surface area contributed by atoms with Gasteiger partial charge in [0.2, 0.25) is 0 Å². The van der Waals surface area contributed by atoms with E-state index in [1.807, 2.05) is 24.5 Å². The van der Waals surface area contributed by atoms with E-state index in [4.69, 9.17) is 0 Å². The monoisotopic (exact) mass is 462 g/mol. The third-order valence-corrected chi connectivity index (χ3v) is 5.97. The molecule has 1 aliphatic heterocycles. The van der Waals surface area contributed by atoms with Crippen LogP contribution in [0.25, 0.3) is 6.08 Å². The highest BCUT2D eigenvalue weighted by molar-refractivity contribution is 5.86. The zero-order valence-electron chi connectivity index (χ0n) is 16.6. The molecule has 0 bridgehead atoms. The molecule has 2 heterocycles. The summed E-state index contributed by atoms with van der Waals surface area (Å²) >= 11 is 0. The fourth-order valence-electron chi connectivity index (χ4n) is 4.24. The standard InChI is InChI=1S/C21H27FN4.3ClH/c1-25-14-12-24-20(25)16-26(19-15-21(19)8-10-23-11-9-21)13-2-3-17-4-6-18(22)7-5-17;;;/h2-7,12,14,19,23H,8-11,13,15-16H2,1H3;3*1H. The summed E-state index contributed by atoms with van der Waals surface area (Å²) in [6, 6.07) is 7.30. The van der Waals surface area contributed by atoms with Crippen molar-refractivity contribution in [1.29, 1.82) is 0 Å². The Labute approximate surface area is 191 Å². The normalized spacial score (nSPS) is 19.5. The number of hydrogen-bond acceptors (Lipinski definition) is 3. The quantitative estimate of drug-likeness (QED) is 0.685. The van der Waals surface area contributed by atoms with Gasteiger partial charge >= 0.3 is 0 Å². The van der Waals surface area contributed by atoms with E-state index in [1.54, 1.807) is 0 Å². The Morgan fingerprint density at radius 3 is 2.52 bits per heavy atom. The number of nitrogens with zero attached hydrogens (tertiary/aromatic N) is 3. The zero-order valence-corrected chi connectivity index (χ0v) is 19.0. The van der Waals surface area contributed by atoms with Gasteiger partial charge in [0.05, 0.1) is 6.54 Å². The fourth-order valence-corrected chi connectivity index (χ4v) is 4.24. The third-order valence-electron chi connectivity index (χ3n) is 5.97. The zero-order chi connectivity index (χ0) is 18.0. The van der Waals surface area contributed by atoms with Crippen LogP contribution < -0.4 is 5.32 Å². The number of aryl methyl sites for hydroxylation is 1. The van der Waals surface area contributed by atoms with E-state index in [9.17, 15) is 4.39 Å². The molecule has 0 radical (unpaired) electrons. The van der Waals surface area contributed by atoms with Crippen molar-refractivity contribution in [3.63, 3.8) is 0 Å². The van der Waals surface area contributed by atoms with Gasteiger partial charge in [-0.2, -0.15) is 0 Å². The van der Waals surface area contributed by atoms with Gasteiger partial charge in [0, 0.05) is 32.0 Å². The van der Waals surface area contributed by atoms with Gasteiger partial charge in [-0.25, -0.2) is 9.37 Å². The lowest BCUT2D eigenvalue weighted by Gasteiger charge is -2.28. The van der Waals surface area contributed by atoms with E-state index >= 15 is 0 Å². The SMILES string of the molecule is Cl.Cl.Cl.Cn1ccnc1CN(CC=Cc1ccc(F)cc1)C1CC12CCNCC2. The van der Waals surface area contributed by atoms with Crippen LogP contribution in [0.1, 0.15) is 30.7 Å². The minimum absolute atomic E-state index is 0. The molecule has 162 valence electrons. The van der Waals surface area contributed by atoms with Gasteiger partial charge in [0.1, 0.15) is 11.6 Å². The highest BCUT2D eigenvalue weighted by Crippen LogP contribution is 2.55. The van der Waals surface area contributed by atoms with Crippen molar-refractivity contribution < 1.29 is 4.39 Å². The summed E-state index contributed by atoms with van der Waals surface area (Å²) < 4.78 is 15.2. The molecule has 2 aliphatic rings. The van der Waals surface area contributed by atoms with E-state index < -0.39 is 0 Å².